The topological polar surface area (TPSA) is 28.3 Å². The lowest BCUT2D eigenvalue weighted by Crippen LogP contribution is -2.49. The van der Waals surface area contributed by atoms with Gasteiger partial charge in [0.15, 0.2) is 0 Å². The number of H-pyrrole nitrogens is 1. The third-order valence-electron chi connectivity index (χ3n) is 4.56. The number of morpholine rings is 1. The van der Waals surface area contributed by atoms with Gasteiger partial charge in [0.2, 0.25) is 0 Å². The molecule has 0 radical (unpaired) electrons. The molecule has 4 heteroatoms. The van der Waals surface area contributed by atoms with Gasteiger partial charge in [-0.15, -0.1) is 12.4 Å². The van der Waals surface area contributed by atoms with Gasteiger partial charge in [-0.05, 0) is 36.6 Å². The van der Waals surface area contributed by atoms with Gasteiger partial charge in [0.05, 0.1) is 12.7 Å². The number of aromatic nitrogens is 1. The molecule has 0 bridgehead atoms. The minimum atomic E-state index is 0. The van der Waals surface area contributed by atoms with E-state index >= 15 is 0 Å². The molecule has 108 valence electrons. The van der Waals surface area contributed by atoms with Gasteiger partial charge in [-0.2, -0.15) is 0 Å². The van der Waals surface area contributed by atoms with Crippen LogP contribution in [0.15, 0.2) is 24.4 Å². The summed E-state index contributed by atoms with van der Waals surface area (Å²) in [7, 11) is 0. The molecule has 2 aromatic rings. The first-order valence-electron chi connectivity index (χ1n) is 7.33. The SMILES string of the molecule is CCCN1CCO[C@@H]2c3cccc4[nH]cc(c34)C[C@H]21.Cl. The van der Waals surface area contributed by atoms with Crippen LogP contribution < -0.4 is 0 Å². The second-order valence-electron chi connectivity index (χ2n) is 5.68. The molecule has 3 nitrogen and oxygen atoms in total. The highest BCUT2D eigenvalue weighted by Gasteiger charge is 2.37. The molecular formula is C16H21ClN2O. The van der Waals surface area contributed by atoms with E-state index in [0.29, 0.717) is 6.04 Å². The number of benzene rings is 1. The van der Waals surface area contributed by atoms with Crippen molar-refractivity contribution >= 4 is 23.3 Å². The molecule has 0 spiro atoms. The number of ether oxygens (including phenoxy) is 1. The summed E-state index contributed by atoms with van der Waals surface area (Å²) < 4.78 is 6.12. The fourth-order valence-corrected chi connectivity index (χ4v) is 3.77. The highest BCUT2D eigenvalue weighted by Crippen LogP contribution is 2.40. The lowest BCUT2D eigenvalue weighted by molar-refractivity contribution is -0.0739. The predicted octanol–water partition coefficient (Wildman–Crippen LogP) is 3.30. The Balaban J connectivity index is 0.00000121. The van der Waals surface area contributed by atoms with Crippen LogP contribution in [0.2, 0.25) is 0 Å². The summed E-state index contributed by atoms with van der Waals surface area (Å²) in [6.07, 6.45) is 4.77. The third kappa shape index (κ3) is 1.96. The minimum Gasteiger partial charge on any atom is -0.371 e. The highest BCUT2D eigenvalue weighted by molar-refractivity contribution is 5.88. The van der Waals surface area contributed by atoms with Crippen molar-refractivity contribution in [1.82, 2.24) is 9.88 Å². The lowest BCUT2D eigenvalue weighted by Gasteiger charge is -2.43. The summed E-state index contributed by atoms with van der Waals surface area (Å²) in [5.41, 5.74) is 4.09. The van der Waals surface area contributed by atoms with Gasteiger partial charge in [-0.3, -0.25) is 4.90 Å². The standard InChI is InChI=1S/C16H20N2O.ClH/c1-2-6-18-7-8-19-16-12-4-3-5-13-15(12)11(10-17-13)9-14(16)18;/h3-5,10,14,16-17H,2,6-9H2,1H3;1H/t14-,16-;/m1./s1. The third-order valence-corrected chi connectivity index (χ3v) is 4.56. The van der Waals surface area contributed by atoms with E-state index in [0.717, 1.165) is 19.6 Å². The maximum Gasteiger partial charge on any atom is 0.0990 e. The fourth-order valence-electron chi connectivity index (χ4n) is 3.77. The number of rotatable bonds is 2. The predicted molar refractivity (Wildman–Crippen MR) is 83.6 cm³/mol. The van der Waals surface area contributed by atoms with E-state index in [1.54, 1.807) is 0 Å². The van der Waals surface area contributed by atoms with Crippen molar-refractivity contribution in [1.29, 1.82) is 0 Å². The summed E-state index contributed by atoms with van der Waals surface area (Å²) in [6.45, 7) is 5.37. The van der Waals surface area contributed by atoms with Crippen LogP contribution in [-0.2, 0) is 11.2 Å². The number of nitrogens with one attached hydrogen (secondary N) is 1. The van der Waals surface area contributed by atoms with Crippen LogP contribution in [0.25, 0.3) is 10.9 Å². The van der Waals surface area contributed by atoms with Gasteiger partial charge in [0, 0.05) is 29.7 Å². The molecule has 1 aliphatic carbocycles. The molecule has 1 aromatic heterocycles. The second-order valence-corrected chi connectivity index (χ2v) is 5.68. The van der Waals surface area contributed by atoms with Crippen molar-refractivity contribution in [3.63, 3.8) is 0 Å². The Kier molecular flexibility index (Phi) is 3.76. The first-order chi connectivity index (χ1) is 9.38. The van der Waals surface area contributed by atoms with Crippen LogP contribution >= 0.6 is 12.4 Å². The summed E-state index contributed by atoms with van der Waals surface area (Å²) in [4.78, 5) is 6.02. The number of fused-ring (bicyclic) bond motifs is 2. The van der Waals surface area contributed by atoms with Crippen LogP contribution in [0.3, 0.4) is 0 Å². The van der Waals surface area contributed by atoms with Gasteiger partial charge in [-0.1, -0.05) is 19.1 Å². The second kappa shape index (κ2) is 5.40. The van der Waals surface area contributed by atoms with Crippen molar-refractivity contribution in [2.75, 3.05) is 19.7 Å². The molecule has 0 saturated carbocycles. The molecule has 2 heterocycles. The van der Waals surface area contributed by atoms with Gasteiger partial charge in [0.1, 0.15) is 0 Å². The maximum absolute atomic E-state index is 6.12. The molecule has 1 N–H and O–H groups in total. The van der Waals surface area contributed by atoms with E-state index in [2.05, 4.69) is 41.2 Å². The molecule has 0 amide bonds. The van der Waals surface area contributed by atoms with Crippen molar-refractivity contribution in [3.8, 4) is 0 Å². The van der Waals surface area contributed by atoms with Crippen LogP contribution in [0.4, 0.5) is 0 Å². The van der Waals surface area contributed by atoms with Crippen LogP contribution in [0.1, 0.15) is 30.6 Å². The Bertz CT molecular complexity index is 608. The average Bonchev–Trinajstić information content (AvgIpc) is 2.85. The molecule has 0 unspecified atom stereocenters. The number of hydrogen-bond acceptors (Lipinski definition) is 2. The van der Waals surface area contributed by atoms with Crippen LogP contribution in [0.5, 0.6) is 0 Å². The van der Waals surface area contributed by atoms with E-state index in [1.165, 1.54) is 35.0 Å². The van der Waals surface area contributed by atoms with Crippen molar-refractivity contribution in [3.05, 3.63) is 35.5 Å². The summed E-state index contributed by atoms with van der Waals surface area (Å²) in [6, 6.07) is 7.06. The molecule has 4 rings (SSSR count). The molecule has 1 aliphatic heterocycles. The van der Waals surface area contributed by atoms with Crippen LogP contribution in [-0.4, -0.2) is 35.6 Å². The van der Waals surface area contributed by atoms with E-state index in [-0.39, 0.29) is 18.5 Å². The maximum atomic E-state index is 6.12. The van der Waals surface area contributed by atoms with E-state index < -0.39 is 0 Å². The molecule has 20 heavy (non-hydrogen) atoms. The van der Waals surface area contributed by atoms with Gasteiger partial charge < -0.3 is 9.72 Å². The molecule has 1 saturated heterocycles. The Morgan fingerprint density at radius 3 is 3.15 bits per heavy atom. The first-order valence-corrected chi connectivity index (χ1v) is 7.33. The Hall–Kier alpha value is -1.03. The minimum absolute atomic E-state index is 0. The Morgan fingerprint density at radius 1 is 1.40 bits per heavy atom. The highest BCUT2D eigenvalue weighted by atomic mass is 35.5. The Labute approximate surface area is 125 Å². The molecule has 2 atom stereocenters. The zero-order valence-electron chi connectivity index (χ0n) is 11.8. The fraction of sp³-hybridized carbons (Fsp3) is 0.500. The normalized spacial score (nSPS) is 25.2. The largest absolute Gasteiger partial charge is 0.371 e. The summed E-state index contributed by atoms with van der Waals surface area (Å²) >= 11 is 0. The van der Waals surface area contributed by atoms with Crippen molar-refractivity contribution in [2.45, 2.75) is 31.9 Å². The molecule has 1 fully saturated rings. The zero-order chi connectivity index (χ0) is 12.8. The zero-order valence-corrected chi connectivity index (χ0v) is 12.6. The Morgan fingerprint density at radius 2 is 2.30 bits per heavy atom. The summed E-state index contributed by atoms with van der Waals surface area (Å²) in [5.74, 6) is 0. The number of aromatic amines is 1. The van der Waals surface area contributed by atoms with Gasteiger partial charge in [0.25, 0.3) is 0 Å². The van der Waals surface area contributed by atoms with Gasteiger partial charge >= 0.3 is 0 Å². The van der Waals surface area contributed by atoms with Crippen LogP contribution in [0, 0.1) is 0 Å². The van der Waals surface area contributed by atoms with E-state index in [9.17, 15) is 0 Å². The quantitative estimate of drug-likeness (QED) is 0.920. The summed E-state index contributed by atoms with van der Waals surface area (Å²) in [5, 5.41) is 1.40. The average molecular weight is 293 g/mol. The number of halogens is 1. The van der Waals surface area contributed by atoms with Gasteiger partial charge in [-0.25, -0.2) is 0 Å². The van der Waals surface area contributed by atoms with E-state index in [4.69, 9.17) is 4.74 Å². The number of hydrogen-bond donors (Lipinski definition) is 1. The monoisotopic (exact) mass is 292 g/mol. The lowest BCUT2D eigenvalue weighted by atomic mass is 9.85. The molecular weight excluding hydrogens is 272 g/mol. The smallest absolute Gasteiger partial charge is 0.0990 e. The van der Waals surface area contributed by atoms with Crippen molar-refractivity contribution < 1.29 is 4.74 Å². The van der Waals surface area contributed by atoms with Crippen molar-refractivity contribution in [2.24, 2.45) is 0 Å². The first kappa shape index (κ1) is 13.9. The van der Waals surface area contributed by atoms with E-state index in [1.807, 2.05) is 0 Å². The molecule has 2 aliphatic rings. The number of nitrogens with zero attached hydrogens (tertiary/aromatic N) is 1. The molecule has 1 aromatic carbocycles.